The molecule has 1 saturated heterocycles. The van der Waals surface area contributed by atoms with Gasteiger partial charge in [-0.3, -0.25) is 4.79 Å². The van der Waals surface area contributed by atoms with Crippen molar-refractivity contribution in [3.63, 3.8) is 0 Å². The van der Waals surface area contributed by atoms with Gasteiger partial charge >= 0.3 is 0 Å². The van der Waals surface area contributed by atoms with E-state index in [9.17, 15) is 4.79 Å². The molecule has 0 aliphatic carbocycles. The monoisotopic (exact) mass is 437 g/mol. The quantitative estimate of drug-likeness (QED) is 0.554. The Morgan fingerprint density at radius 1 is 1.07 bits per heavy atom. The van der Waals surface area contributed by atoms with Crippen molar-refractivity contribution in [1.82, 2.24) is 9.88 Å². The first kappa shape index (κ1) is 17.8. The van der Waals surface area contributed by atoms with Gasteiger partial charge in [-0.05, 0) is 72.8 Å². The van der Waals surface area contributed by atoms with Crippen molar-refractivity contribution in [2.24, 2.45) is 4.99 Å². The number of carbonyl (C=O) groups excluding carboxylic acids is 1. The van der Waals surface area contributed by atoms with E-state index in [0.29, 0.717) is 10.1 Å². The van der Waals surface area contributed by atoms with Gasteiger partial charge < -0.3 is 9.88 Å². The summed E-state index contributed by atoms with van der Waals surface area (Å²) in [6.07, 6.45) is 3.87. The molecule has 1 aliphatic rings. The van der Waals surface area contributed by atoms with Crippen LogP contribution in [0.3, 0.4) is 0 Å². The molecule has 2 aromatic carbocycles. The average Bonchev–Trinajstić information content (AvgIpc) is 3.25. The largest absolute Gasteiger partial charge is 0.317 e. The average molecular weight is 438 g/mol. The summed E-state index contributed by atoms with van der Waals surface area (Å²) in [6, 6.07) is 19.9. The van der Waals surface area contributed by atoms with Gasteiger partial charge in [0.15, 0.2) is 5.17 Å². The maximum Gasteiger partial charge on any atom is 0.264 e. The molecule has 3 aromatic rings. The zero-order valence-corrected chi connectivity index (χ0v) is 16.9. The minimum Gasteiger partial charge on any atom is -0.317 e. The highest BCUT2D eigenvalue weighted by Crippen LogP contribution is 2.29. The van der Waals surface area contributed by atoms with E-state index in [1.165, 1.54) is 11.8 Å². The number of thioether (sulfide) groups is 1. The van der Waals surface area contributed by atoms with Crippen LogP contribution in [0.2, 0.25) is 0 Å². The number of nitrogens with one attached hydrogen (secondary N) is 1. The van der Waals surface area contributed by atoms with E-state index < -0.39 is 0 Å². The standard InChI is InChI=1S/C21H16BrN3OS/c1-14-5-2-3-7-18(14)23-21-24-20(26)19(27-21)13-17-6-4-12-25(17)16-10-8-15(22)9-11-16/h2-13H,1H3,(H,23,24,26)/b19-13-. The maximum atomic E-state index is 12.4. The summed E-state index contributed by atoms with van der Waals surface area (Å²) < 4.78 is 3.07. The van der Waals surface area contributed by atoms with Crippen LogP contribution in [-0.2, 0) is 4.79 Å². The minimum absolute atomic E-state index is 0.129. The predicted molar refractivity (Wildman–Crippen MR) is 115 cm³/mol. The lowest BCUT2D eigenvalue weighted by Crippen LogP contribution is -2.19. The van der Waals surface area contributed by atoms with Crippen molar-refractivity contribution < 1.29 is 4.79 Å². The van der Waals surface area contributed by atoms with Crippen LogP contribution in [0.4, 0.5) is 5.69 Å². The third-order valence-corrected chi connectivity index (χ3v) is 5.59. The number of aryl methyl sites for hydroxylation is 1. The molecule has 0 atom stereocenters. The molecule has 0 unspecified atom stereocenters. The molecule has 6 heteroatoms. The lowest BCUT2D eigenvalue weighted by Gasteiger charge is -2.07. The number of amides is 1. The minimum atomic E-state index is -0.129. The second-order valence-electron chi connectivity index (χ2n) is 6.05. The predicted octanol–water partition coefficient (Wildman–Crippen LogP) is 5.44. The molecule has 2 heterocycles. The van der Waals surface area contributed by atoms with Gasteiger partial charge in [-0.1, -0.05) is 34.1 Å². The molecule has 134 valence electrons. The number of benzene rings is 2. The zero-order valence-electron chi connectivity index (χ0n) is 14.5. The lowest BCUT2D eigenvalue weighted by molar-refractivity contribution is -0.115. The van der Waals surface area contributed by atoms with Gasteiger partial charge in [0.2, 0.25) is 0 Å². The molecule has 1 aliphatic heterocycles. The highest BCUT2D eigenvalue weighted by Gasteiger charge is 2.24. The summed E-state index contributed by atoms with van der Waals surface area (Å²) in [7, 11) is 0. The molecule has 0 radical (unpaired) electrons. The number of rotatable bonds is 3. The molecule has 1 amide bonds. The smallest absolute Gasteiger partial charge is 0.264 e. The molecule has 4 nitrogen and oxygen atoms in total. The summed E-state index contributed by atoms with van der Waals surface area (Å²) in [6.45, 7) is 2.00. The van der Waals surface area contributed by atoms with Crippen LogP contribution < -0.4 is 5.32 Å². The van der Waals surface area contributed by atoms with Gasteiger partial charge in [-0.2, -0.15) is 0 Å². The van der Waals surface area contributed by atoms with Gasteiger partial charge in [0.1, 0.15) is 0 Å². The van der Waals surface area contributed by atoms with Crippen molar-refractivity contribution in [3.8, 4) is 5.69 Å². The number of hydrogen-bond donors (Lipinski definition) is 1. The van der Waals surface area contributed by atoms with E-state index in [1.807, 2.05) is 84.4 Å². The fourth-order valence-corrected chi connectivity index (χ4v) is 3.85. The van der Waals surface area contributed by atoms with Crippen molar-refractivity contribution in [1.29, 1.82) is 0 Å². The van der Waals surface area contributed by atoms with Crippen LogP contribution in [0, 0.1) is 6.92 Å². The van der Waals surface area contributed by atoms with Crippen LogP contribution >= 0.6 is 27.7 Å². The van der Waals surface area contributed by atoms with E-state index in [-0.39, 0.29) is 5.91 Å². The Hall–Kier alpha value is -2.57. The van der Waals surface area contributed by atoms with Gasteiger partial charge in [0.25, 0.3) is 5.91 Å². The molecule has 0 bridgehead atoms. The molecule has 0 spiro atoms. The van der Waals surface area contributed by atoms with Crippen molar-refractivity contribution >= 4 is 50.5 Å². The second kappa shape index (κ2) is 7.58. The van der Waals surface area contributed by atoms with E-state index in [2.05, 4.69) is 26.2 Å². The van der Waals surface area contributed by atoms with Gasteiger partial charge in [-0.25, -0.2) is 4.99 Å². The van der Waals surface area contributed by atoms with E-state index in [1.54, 1.807) is 0 Å². The summed E-state index contributed by atoms with van der Waals surface area (Å²) in [5.41, 5.74) is 3.90. The van der Waals surface area contributed by atoms with Crippen LogP contribution in [0.5, 0.6) is 0 Å². The number of nitrogens with zero attached hydrogens (tertiary/aromatic N) is 2. The number of aliphatic imine (C=N–C) groups is 1. The molecule has 4 rings (SSSR count). The highest BCUT2D eigenvalue weighted by molar-refractivity contribution is 9.10. The Bertz CT molecular complexity index is 1070. The van der Waals surface area contributed by atoms with Gasteiger partial charge in [-0.15, -0.1) is 0 Å². The van der Waals surface area contributed by atoms with Crippen LogP contribution in [0.1, 0.15) is 11.3 Å². The highest BCUT2D eigenvalue weighted by atomic mass is 79.9. The van der Waals surface area contributed by atoms with Crippen molar-refractivity contribution in [2.45, 2.75) is 6.92 Å². The Labute approximate surface area is 170 Å². The maximum absolute atomic E-state index is 12.4. The van der Waals surface area contributed by atoms with Crippen LogP contribution in [0.15, 0.2) is 81.2 Å². The Kier molecular flexibility index (Phi) is 5.01. The van der Waals surface area contributed by atoms with E-state index in [4.69, 9.17) is 0 Å². The molecular formula is C21H16BrN3OS. The Balaban J connectivity index is 1.62. The molecule has 1 N–H and O–H groups in total. The molecular weight excluding hydrogens is 422 g/mol. The summed E-state index contributed by atoms with van der Waals surface area (Å²) >= 11 is 4.81. The van der Waals surface area contributed by atoms with Crippen LogP contribution in [-0.4, -0.2) is 15.6 Å². The number of carbonyl (C=O) groups is 1. The summed E-state index contributed by atoms with van der Waals surface area (Å²) in [5, 5.41) is 3.45. The first-order valence-corrected chi connectivity index (χ1v) is 9.99. The van der Waals surface area contributed by atoms with Crippen LogP contribution in [0.25, 0.3) is 11.8 Å². The zero-order chi connectivity index (χ0) is 18.8. The number of amidine groups is 1. The normalized spacial score (nSPS) is 16.9. The molecule has 0 saturated carbocycles. The summed E-state index contributed by atoms with van der Waals surface area (Å²) in [5.74, 6) is -0.129. The third-order valence-electron chi connectivity index (χ3n) is 4.15. The third kappa shape index (κ3) is 3.91. The van der Waals surface area contributed by atoms with Gasteiger partial charge in [0, 0.05) is 22.1 Å². The van der Waals surface area contributed by atoms with Crippen molar-refractivity contribution in [2.75, 3.05) is 0 Å². The van der Waals surface area contributed by atoms with Crippen molar-refractivity contribution in [3.05, 3.63) is 87.5 Å². The topological polar surface area (TPSA) is 46.4 Å². The number of hydrogen-bond acceptors (Lipinski definition) is 3. The number of halogens is 1. The fourth-order valence-electron chi connectivity index (χ4n) is 2.76. The molecule has 1 fully saturated rings. The first-order valence-electron chi connectivity index (χ1n) is 8.39. The van der Waals surface area contributed by atoms with Gasteiger partial charge in [0.05, 0.1) is 10.6 Å². The molecule has 27 heavy (non-hydrogen) atoms. The second-order valence-corrected chi connectivity index (χ2v) is 7.99. The lowest BCUT2D eigenvalue weighted by atomic mass is 10.2. The summed E-state index contributed by atoms with van der Waals surface area (Å²) in [4.78, 5) is 17.6. The first-order chi connectivity index (χ1) is 13.1. The van der Waals surface area contributed by atoms with E-state index >= 15 is 0 Å². The Morgan fingerprint density at radius 3 is 2.63 bits per heavy atom. The Morgan fingerprint density at radius 2 is 1.85 bits per heavy atom. The fraction of sp³-hybridized carbons (Fsp3) is 0.0476. The SMILES string of the molecule is Cc1ccccc1N=C1NC(=O)/C(=C/c2cccn2-c2ccc(Br)cc2)S1. The number of para-hydroxylation sites is 1. The number of aromatic nitrogens is 1. The molecule has 1 aromatic heterocycles. The van der Waals surface area contributed by atoms with E-state index in [0.717, 1.165) is 27.1 Å².